The molecule has 0 bridgehead atoms. The molecule has 0 saturated carbocycles. The second kappa shape index (κ2) is 14.8. The topological polar surface area (TPSA) is 132 Å². The molecule has 0 aliphatic carbocycles. The Morgan fingerprint density at radius 1 is 0.915 bits per heavy atom. The van der Waals surface area contributed by atoms with Crippen molar-refractivity contribution < 1.29 is 23.1 Å². The maximum atomic E-state index is 14.8. The van der Waals surface area contributed by atoms with Gasteiger partial charge < -0.3 is 24.4 Å². The van der Waals surface area contributed by atoms with E-state index in [0.717, 1.165) is 28.4 Å². The molecule has 1 atom stereocenters. The number of hydrogen-bond acceptors (Lipinski definition) is 8. The molecule has 2 aliphatic rings. The lowest BCUT2D eigenvalue weighted by Gasteiger charge is -2.29. The van der Waals surface area contributed by atoms with Crippen LogP contribution >= 0.6 is 0 Å². The van der Waals surface area contributed by atoms with Gasteiger partial charge in [-0.25, -0.2) is 28.3 Å². The maximum Gasteiger partial charge on any atom is 0.410 e. The number of nitrogens with one attached hydrogen (secondary N) is 1. The van der Waals surface area contributed by atoms with E-state index in [2.05, 4.69) is 15.3 Å². The van der Waals surface area contributed by atoms with Crippen LogP contribution in [0.15, 0.2) is 102 Å². The summed E-state index contributed by atoms with van der Waals surface area (Å²) in [5, 5.41) is 4.15. The van der Waals surface area contributed by atoms with E-state index in [9.17, 15) is 23.2 Å². The Morgan fingerprint density at radius 3 is 2.47 bits per heavy atom. The summed E-state index contributed by atoms with van der Waals surface area (Å²) in [6.45, 7) is 6.96. The standard InChI is InChI=1S/C44H41F2N9O4/c1-44(2,3)59-43(58)52-20-17-32(25-52)55-39-36(23-48-41(50-39)49-30-8-5-4-6-9-30)54(42(55)57)31-15-12-27(13-16-31)40(56)51-21-18-33-34-10-7-19-47-38(34)53(37(33)26-51)24-28-11-14-29(45)22-35(28)46/h4-16,19,22-23,32H,17-18,20-21,24-26H2,1-3H3,(H,48,49,50)/t32-/m0/s1. The first-order valence-corrected chi connectivity index (χ1v) is 19.5. The Labute approximate surface area is 337 Å². The molecular formula is C44H41F2N9O4. The highest BCUT2D eigenvalue weighted by molar-refractivity contribution is 5.95. The second-order valence-corrected chi connectivity index (χ2v) is 15.9. The number of nitrogens with zero attached hydrogens (tertiary/aromatic N) is 8. The quantitative estimate of drug-likeness (QED) is 0.177. The molecule has 13 nitrogen and oxygen atoms in total. The van der Waals surface area contributed by atoms with Gasteiger partial charge in [0.15, 0.2) is 5.65 Å². The zero-order valence-corrected chi connectivity index (χ0v) is 32.7. The number of pyridine rings is 1. The molecule has 4 aromatic heterocycles. The number of anilines is 2. The number of para-hydroxylation sites is 1. The number of halogens is 2. The fourth-order valence-electron chi connectivity index (χ4n) is 8.10. The number of fused-ring (bicyclic) bond motifs is 4. The molecule has 0 spiro atoms. The summed E-state index contributed by atoms with van der Waals surface area (Å²) in [4.78, 5) is 58.9. The summed E-state index contributed by atoms with van der Waals surface area (Å²) >= 11 is 0. The molecule has 3 aromatic carbocycles. The van der Waals surface area contributed by atoms with E-state index in [4.69, 9.17) is 9.72 Å². The van der Waals surface area contributed by atoms with Crippen LogP contribution in [0.2, 0.25) is 0 Å². The highest BCUT2D eigenvalue weighted by atomic mass is 19.1. The number of carbonyl (C=O) groups is 2. The van der Waals surface area contributed by atoms with E-state index >= 15 is 0 Å². The van der Waals surface area contributed by atoms with Gasteiger partial charge in [0.2, 0.25) is 5.95 Å². The molecule has 1 fully saturated rings. The van der Waals surface area contributed by atoms with Gasteiger partial charge in [-0.2, -0.15) is 4.98 Å². The van der Waals surface area contributed by atoms with Crippen molar-refractivity contribution in [1.29, 1.82) is 0 Å². The number of rotatable bonds is 7. The Bertz CT molecular complexity index is 2810. The fourth-order valence-corrected chi connectivity index (χ4v) is 8.10. The number of aromatic nitrogens is 6. The predicted molar refractivity (Wildman–Crippen MR) is 218 cm³/mol. The van der Waals surface area contributed by atoms with Crippen molar-refractivity contribution in [3.63, 3.8) is 0 Å². The van der Waals surface area contributed by atoms with Crippen LogP contribution in [0, 0.1) is 11.6 Å². The molecule has 1 saturated heterocycles. The lowest BCUT2D eigenvalue weighted by Crippen LogP contribution is -2.36. The first-order chi connectivity index (χ1) is 28.4. The van der Waals surface area contributed by atoms with Crippen LogP contribution in [0.5, 0.6) is 0 Å². The van der Waals surface area contributed by atoms with E-state index < -0.39 is 23.3 Å². The van der Waals surface area contributed by atoms with Crippen LogP contribution in [0.3, 0.4) is 0 Å². The van der Waals surface area contributed by atoms with Crippen molar-refractivity contribution in [3.05, 3.63) is 142 Å². The van der Waals surface area contributed by atoms with Crippen LogP contribution < -0.4 is 11.0 Å². The number of ether oxygens (including phenoxy) is 1. The van der Waals surface area contributed by atoms with Gasteiger partial charge in [0.25, 0.3) is 5.91 Å². The lowest BCUT2D eigenvalue weighted by molar-refractivity contribution is 0.0288. The van der Waals surface area contributed by atoms with E-state index in [1.807, 2.05) is 67.8 Å². The summed E-state index contributed by atoms with van der Waals surface area (Å²) < 4.78 is 39.3. The second-order valence-electron chi connectivity index (χ2n) is 15.9. The van der Waals surface area contributed by atoms with Crippen molar-refractivity contribution in [3.8, 4) is 5.69 Å². The number of hydrogen-bond donors (Lipinski definition) is 1. The van der Waals surface area contributed by atoms with Crippen LogP contribution in [-0.4, -0.2) is 75.7 Å². The number of amides is 2. The van der Waals surface area contributed by atoms with Crippen LogP contribution in [0.4, 0.5) is 25.2 Å². The van der Waals surface area contributed by atoms with E-state index in [0.29, 0.717) is 65.5 Å². The van der Waals surface area contributed by atoms with E-state index in [-0.39, 0.29) is 37.3 Å². The third kappa shape index (κ3) is 7.17. The first kappa shape index (κ1) is 37.7. The van der Waals surface area contributed by atoms with Crippen molar-refractivity contribution >= 4 is 45.8 Å². The number of likely N-dealkylation sites (tertiary alicyclic amines) is 1. The van der Waals surface area contributed by atoms with Gasteiger partial charge in [-0.15, -0.1) is 0 Å². The highest BCUT2D eigenvalue weighted by Gasteiger charge is 2.34. The number of carbonyl (C=O) groups excluding carboxylic acids is 2. The van der Waals surface area contributed by atoms with Crippen molar-refractivity contribution in [2.45, 2.75) is 58.3 Å². The summed E-state index contributed by atoms with van der Waals surface area (Å²) in [5.41, 5.74) is 4.43. The fraction of sp³-hybridized carbons (Fsp3) is 0.273. The van der Waals surface area contributed by atoms with Crippen LogP contribution in [0.1, 0.15) is 60.4 Å². The largest absolute Gasteiger partial charge is 0.444 e. The van der Waals surface area contributed by atoms with Gasteiger partial charge in [0.05, 0.1) is 31.0 Å². The van der Waals surface area contributed by atoms with Crippen molar-refractivity contribution in [2.24, 2.45) is 0 Å². The molecule has 2 aliphatic heterocycles. The van der Waals surface area contributed by atoms with Crippen LogP contribution in [0.25, 0.3) is 27.9 Å². The minimum Gasteiger partial charge on any atom is -0.444 e. The smallest absolute Gasteiger partial charge is 0.410 e. The van der Waals surface area contributed by atoms with E-state index in [1.54, 1.807) is 51.0 Å². The number of benzene rings is 3. The summed E-state index contributed by atoms with van der Waals surface area (Å²) in [5.74, 6) is -1.20. The Kier molecular flexibility index (Phi) is 9.45. The average Bonchev–Trinajstić information content (AvgIpc) is 3.91. The van der Waals surface area contributed by atoms with Gasteiger partial charge >= 0.3 is 11.8 Å². The highest BCUT2D eigenvalue weighted by Crippen LogP contribution is 2.32. The van der Waals surface area contributed by atoms with Gasteiger partial charge in [-0.1, -0.05) is 24.3 Å². The Morgan fingerprint density at radius 2 is 1.71 bits per heavy atom. The summed E-state index contributed by atoms with van der Waals surface area (Å²) in [7, 11) is 0. The number of imidazole rings is 1. The third-order valence-electron chi connectivity index (χ3n) is 10.8. The minimum absolute atomic E-state index is 0.126. The van der Waals surface area contributed by atoms with Gasteiger partial charge in [-0.05, 0) is 93.8 Å². The normalized spacial score (nSPS) is 15.5. The van der Waals surface area contributed by atoms with Crippen molar-refractivity contribution in [1.82, 2.24) is 38.5 Å². The molecule has 15 heteroatoms. The maximum absolute atomic E-state index is 14.8. The molecule has 9 rings (SSSR count). The SMILES string of the molecule is CC(C)(C)OC(=O)N1CC[C@H](n2c(=O)n(-c3ccc(C(=O)N4CCc5c(n(Cc6ccc(F)cc6F)c6ncccc56)C4)cc3)c3cnc(Nc4ccccc4)nc32)C1. The molecule has 59 heavy (non-hydrogen) atoms. The Hall–Kier alpha value is -6.90. The van der Waals surface area contributed by atoms with Gasteiger partial charge in [0, 0.05) is 59.8 Å². The molecule has 0 radical (unpaired) electrons. The van der Waals surface area contributed by atoms with E-state index in [1.165, 1.54) is 16.7 Å². The zero-order valence-electron chi connectivity index (χ0n) is 32.7. The summed E-state index contributed by atoms with van der Waals surface area (Å²) in [6, 6.07) is 23.3. The molecule has 6 heterocycles. The minimum atomic E-state index is -0.666. The third-order valence-corrected chi connectivity index (χ3v) is 10.8. The van der Waals surface area contributed by atoms with Crippen LogP contribution in [-0.2, 0) is 24.2 Å². The molecule has 7 aromatic rings. The van der Waals surface area contributed by atoms with Gasteiger partial charge in [0.1, 0.15) is 28.4 Å². The average molecular weight is 798 g/mol. The first-order valence-electron chi connectivity index (χ1n) is 19.5. The molecule has 2 amide bonds. The monoisotopic (exact) mass is 797 g/mol. The predicted octanol–water partition coefficient (Wildman–Crippen LogP) is 7.38. The lowest BCUT2D eigenvalue weighted by atomic mass is 10.0. The van der Waals surface area contributed by atoms with Crippen molar-refractivity contribution in [2.75, 3.05) is 25.0 Å². The molecule has 300 valence electrons. The molecule has 0 unspecified atom stereocenters. The molecular weight excluding hydrogens is 757 g/mol. The summed E-state index contributed by atoms with van der Waals surface area (Å²) in [6.07, 6.45) is 3.92. The van der Waals surface area contributed by atoms with Gasteiger partial charge in [-0.3, -0.25) is 13.9 Å². The Balaban J connectivity index is 1.02. The zero-order chi connectivity index (χ0) is 41.0. The molecule has 1 N–H and O–H groups in total.